The van der Waals surface area contributed by atoms with Crippen molar-refractivity contribution in [3.63, 3.8) is 0 Å². The largest absolute Gasteiger partial charge is 0.324 e. The molecule has 0 spiro atoms. The van der Waals surface area contributed by atoms with E-state index >= 15 is 0 Å². The number of hydrogen-bond acceptors (Lipinski definition) is 3. The van der Waals surface area contributed by atoms with Crippen LogP contribution in [0.15, 0.2) is 24.3 Å². The van der Waals surface area contributed by atoms with Crippen LogP contribution in [-0.4, -0.2) is 49.6 Å². The lowest BCUT2D eigenvalue weighted by Gasteiger charge is -2.21. The molecule has 3 nitrogen and oxygen atoms in total. The third-order valence-electron chi connectivity index (χ3n) is 4.03. The molecule has 1 aromatic rings. The molecule has 106 valence electrons. The summed E-state index contributed by atoms with van der Waals surface area (Å²) in [6.07, 6.45) is 2.16. The molecule has 0 aromatic heterocycles. The molecule has 0 amide bonds. The summed E-state index contributed by atoms with van der Waals surface area (Å²) in [6, 6.07) is 7.19. The van der Waals surface area contributed by atoms with Crippen molar-refractivity contribution in [3.8, 4) is 0 Å². The van der Waals surface area contributed by atoms with E-state index in [0.717, 1.165) is 31.6 Å². The van der Waals surface area contributed by atoms with E-state index in [4.69, 9.17) is 5.73 Å². The smallest absolute Gasteiger partial charge is 0.123 e. The Hall–Kier alpha value is -0.970. The van der Waals surface area contributed by atoms with Crippen molar-refractivity contribution in [1.29, 1.82) is 0 Å². The van der Waals surface area contributed by atoms with Crippen LogP contribution in [0.4, 0.5) is 4.39 Å². The number of rotatable bonds is 5. The van der Waals surface area contributed by atoms with Gasteiger partial charge < -0.3 is 15.5 Å². The van der Waals surface area contributed by atoms with Gasteiger partial charge >= 0.3 is 0 Å². The van der Waals surface area contributed by atoms with Gasteiger partial charge in [0.15, 0.2) is 0 Å². The summed E-state index contributed by atoms with van der Waals surface area (Å²) in [5, 5.41) is 0. The van der Waals surface area contributed by atoms with E-state index in [0.29, 0.717) is 6.04 Å². The molecule has 1 aliphatic heterocycles. The predicted molar refractivity (Wildman–Crippen MR) is 76.5 cm³/mol. The highest BCUT2D eigenvalue weighted by Crippen LogP contribution is 2.18. The van der Waals surface area contributed by atoms with Gasteiger partial charge in [-0.3, -0.25) is 0 Å². The minimum atomic E-state index is -0.204. The van der Waals surface area contributed by atoms with Crippen LogP contribution in [0.3, 0.4) is 0 Å². The van der Waals surface area contributed by atoms with Crippen LogP contribution in [-0.2, 0) is 0 Å². The minimum absolute atomic E-state index is 0.000920. The van der Waals surface area contributed by atoms with Crippen LogP contribution in [0, 0.1) is 5.82 Å². The number of nitrogens with two attached hydrogens (primary N) is 1. The van der Waals surface area contributed by atoms with Crippen LogP contribution in [0.2, 0.25) is 0 Å². The van der Waals surface area contributed by atoms with Crippen molar-refractivity contribution in [2.45, 2.75) is 24.9 Å². The van der Waals surface area contributed by atoms with Crippen molar-refractivity contribution in [2.24, 2.45) is 5.73 Å². The molecule has 19 heavy (non-hydrogen) atoms. The summed E-state index contributed by atoms with van der Waals surface area (Å²) in [7, 11) is 4.27. The Balaban J connectivity index is 1.78. The highest BCUT2D eigenvalue weighted by Gasteiger charge is 2.23. The standard InChI is InChI=1S/C15H24FN3/c1-18(2)14-7-9-19(11-14)10-8-15(17)12-3-5-13(16)6-4-12/h3-6,14-15H,7-11,17H2,1-2H3. The number of nitrogens with zero attached hydrogens (tertiary/aromatic N) is 2. The molecule has 2 atom stereocenters. The van der Waals surface area contributed by atoms with Gasteiger partial charge in [-0.2, -0.15) is 0 Å². The topological polar surface area (TPSA) is 32.5 Å². The van der Waals surface area contributed by atoms with E-state index in [1.54, 1.807) is 12.1 Å². The molecule has 0 radical (unpaired) electrons. The Bertz CT molecular complexity index is 391. The average molecular weight is 265 g/mol. The molecular formula is C15H24FN3. The van der Waals surface area contributed by atoms with Gasteiger partial charge in [0.05, 0.1) is 0 Å². The maximum absolute atomic E-state index is 12.8. The summed E-state index contributed by atoms with van der Waals surface area (Å²) < 4.78 is 12.8. The van der Waals surface area contributed by atoms with E-state index in [1.807, 2.05) is 0 Å². The Morgan fingerprint density at radius 3 is 2.63 bits per heavy atom. The van der Waals surface area contributed by atoms with Gasteiger partial charge in [0.25, 0.3) is 0 Å². The van der Waals surface area contributed by atoms with Gasteiger partial charge in [0.1, 0.15) is 5.82 Å². The van der Waals surface area contributed by atoms with E-state index in [9.17, 15) is 4.39 Å². The van der Waals surface area contributed by atoms with Crippen LogP contribution in [0.1, 0.15) is 24.4 Å². The first-order chi connectivity index (χ1) is 9.06. The highest BCUT2D eigenvalue weighted by atomic mass is 19.1. The van der Waals surface area contributed by atoms with Gasteiger partial charge in [-0.05, 0) is 51.2 Å². The van der Waals surface area contributed by atoms with Crippen molar-refractivity contribution in [3.05, 3.63) is 35.6 Å². The van der Waals surface area contributed by atoms with E-state index < -0.39 is 0 Å². The Labute approximate surface area is 115 Å². The Morgan fingerprint density at radius 1 is 1.37 bits per heavy atom. The summed E-state index contributed by atoms with van der Waals surface area (Å²) >= 11 is 0. The van der Waals surface area contributed by atoms with Gasteiger partial charge in [0.2, 0.25) is 0 Å². The summed E-state index contributed by atoms with van der Waals surface area (Å²) in [4.78, 5) is 4.76. The molecule has 1 fully saturated rings. The van der Waals surface area contributed by atoms with E-state index in [2.05, 4.69) is 23.9 Å². The van der Waals surface area contributed by atoms with Crippen molar-refractivity contribution < 1.29 is 4.39 Å². The molecule has 1 heterocycles. The van der Waals surface area contributed by atoms with Crippen LogP contribution in [0.5, 0.6) is 0 Å². The number of likely N-dealkylation sites (tertiary alicyclic amines) is 1. The first-order valence-corrected chi connectivity index (χ1v) is 6.96. The zero-order chi connectivity index (χ0) is 13.8. The lowest BCUT2D eigenvalue weighted by atomic mass is 10.0. The second-order valence-electron chi connectivity index (χ2n) is 5.65. The van der Waals surface area contributed by atoms with Crippen molar-refractivity contribution in [2.75, 3.05) is 33.7 Å². The molecule has 2 unspecified atom stereocenters. The third kappa shape index (κ3) is 4.00. The van der Waals surface area contributed by atoms with E-state index in [-0.39, 0.29) is 11.9 Å². The van der Waals surface area contributed by atoms with Crippen LogP contribution in [0.25, 0.3) is 0 Å². The Kier molecular flexibility index (Phi) is 4.91. The molecule has 2 N–H and O–H groups in total. The number of halogens is 1. The minimum Gasteiger partial charge on any atom is -0.324 e. The van der Waals surface area contributed by atoms with Gasteiger partial charge in [-0.15, -0.1) is 0 Å². The van der Waals surface area contributed by atoms with Crippen LogP contribution < -0.4 is 5.73 Å². The Morgan fingerprint density at radius 2 is 2.05 bits per heavy atom. The fourth-order valence-electron chi connectivity index (χ4n) is 2.64. The maximum Gasteiger partial charge on any atom is 0.123 e. The number of likely N-dealkylation sites (N-methyl/N-ethyl adjacent to an activating group) is 1. The molecule has 0 aliphatic carbocycles. The molecular weight excluding hydrogens is 241 g/mol. The van der Waals surface area contributed by atoms with Gasteiger partial charge in [-0.1, -0.05) is 12.1 Å². The van der Waals surface area contributed by atoms with Crippen molar-refractivity contribution >= 4 is 0 Å². The zero-order valence-corrected chi connectivity index (χ0v) is 11.8. The van der Waals surface area contributed by atoms with Gasteiger partial charge in [0, 0.05) is 25.2 Å². The SMILES string of the molecule is CN(C)C1CCN(CCC(N)c2ccc(F)cc2)C1. The molecule has 1 aliphatic rings. The predicted octanol–water partition coefficient (Wildman–Crippen LogP) is 1.85. The number of hydrogen-bond donors (Lipinski definition) is 1. The second-order valence-corrected chi connectivity index (χ2v) is 5.65. The molecule has 2 rings (SSSR count). The summed E-state index contributed by atoms with van der Waals surface area (Å²) in [6.45, 7) is 3.30. The maximum atomic E-state index is 12.8. The molecule has 1 saturated heterocycles. The lowest BCUT2D eigenvalue weighted by molar-refractivity contribution is 0.263. The highest BCUT2D eigenvalue weighted by molar-refractivity contribution is 5.19. The average Bonchev–Trinajstić information content (AvgIpc) is 2.86. The fraction of sp³-hybridized carbons (Fsp3) is 0.600. The zero-order valence-electron chi connectivity index (χ0n) is 11.8. The first kappa shape index (κ1) is 14.4. The molecule has 4 heteroatoms. The summed E-state index contributed by atoms with van der Waals surface area (Å²) in [5.41, 5.74) is 7.18. The van der Waals surface area contributed by atoms with Crippen molar-refractivity contribution in [1.82, 2.24) is 9.80 Å². The molecule has 0 saturated carbocycles. The first-order valence-electron chi connectivity index (χ1n) is 6.96. The quantitative estimate of drug-likeness (QED) is 0.882. The summed E-state index contributed by atoms with van der Waals surface area (Å²) in [5.74, 6) is -0.204. The second kappa shape index (κ2) is 6.46. The molecule has 1 aromatic carbocycles. The van der Waals surface area contributed by atoms with E-state index in [1.165, 1.54) is 18.6 Å². The molecule has 0 bridgehead atoms. The van der Waals surface area contributed by atoms with Crippen LogP contribution >= 0.6 is 0 Å². The lowest BCUT2D eigenvalue weighted by Crippen LogP contribution is -2.32. The monoisotopic (exact) mass is 265 g/mol. The third-order valence-corrected chi connectivity index (χ3v) is 4.03. The van der Waals surface area contributed by atoms with Gasteiger partial charge in [-0.25, -0.2) is 4.39 Å². The number of benzene rings is 1. The normalized spacial score (nSPS) is 22.1. The fourth-order valence-corrected chi connectivity index (χ4v) is 2.64.